The molecule has 2 atom stereocenters. The molecule has 2 aromatic rings. The zero-order valence-corrected chi connectivity index (χ0v) is 21.6. The van der Waals surface area contributed by atoms with E-state index >= 15 is 0 Å². The smallest absolute Gasteiger partial charge is 0.240 e. The van der Waals surface area contributed by atoms with Gasteiger partial charge in [0.25, 0.3) is 0 Å². The molecule has 6 heteroatoms. The average molecular weight is 477 g/mol. The molecule has 0 saturated carbocycles. The summed E-state index contributed by atoms with van der Waals surface area (Å²) >= 11 is 0. The molecular formula is C29H40N4O2. The van der Waals surface area contributed by atoms with E-state index in [-0.39, 0.29) is 22.8 Å². The van der Waals surface area contributed by atoms with E-state index in [0.717, 1.165) is 37.4 Å². The molecule has 1 aromatic carbocycles. The molecule has 0 unspecified atom stereocenters. The fraction of sp³-hybridized carbons (Fsp3) is 0.586. The molecule has 2 saturated heterocycles. The summed E-state index contributed by atoms with van der Waals surface area (Å²) in [6, 6.07) is 12.9. The number of aliphatic hydroxyl groups excluding tert-OH is 1. The molecule has 3 aliphatic rings. The van der Waals surface area contributed by atoms with Crippen LogP contribution in [-0.2, 0) is 15.6 Å². The topological polar surface area (TPSA) is 77.5 Å². The number of carbonyl (C=O) groups is 1. The molecule has 0 bridgehead atoms. The maximum Gasteiger partial charge on any atom is 0.240 e. The lowest BCUT2D eigenvalue weighted by molar-refractivity contribution is -0.125. The second-order valence-electron chi connectivity index (χ2n) is 12.0. The van der Waals surface area contributed by atoms with Gasteiger partial charge in [-0.15, -0.1) is 0 Å². The number of benzene rings is 1. The maximum atomic E-state index is 12.5. The Hall–Kier alpha value is -2.44. The summed E-state index contributed by atoms with van der Waals surface area (Å²) in [4.78, 5) is 19.9. The fourth-order valence-corrected chi connectivity index (χ4v) is 6.01. The molecule has 1 aliphatic carbocycles. The lowest BCUT2D eigenvalue weighted by Crippen LogP contribution is -2.52. The van der Waals surface area contributed by atoms with Gasteiger partial charge in [-0.3, -0.25) is 4.79 Å². The van der Waals surface area contributed by atoms with Crippen LogP contribution in [0.4, 0.5) is 5.82 Å². The van der Waals surface area contributed by atoms with Gasteiger partial charge in [0, 0.05) is 24.7 Å². The van der Waals surface area contributed by atoms with Crippen LogP contribution in [0, 0.1) is 0 Å². The van der Waals surface area contributed by atoms with Crippen LogP contribution in [0.2, 0.25) is 0 Å². The van der Waals surface area contributed by atoms with E-state index in [2.05, 4.69) is 79.6 Å². The summed E-state index contributed by atoms with van der Waals surface area (Å²) < 4.78 is 0. The number of hydrogen-bond acceptors (Lipinski definition) is 5. The zero-order valence-electron chi connectivity index (χ0n) is 21.6. The van der Waals surface area contributed by atoms with Crippen molar-refractivity contribution in [3.8, 4) is 11.3 Å². The van der Waals surface area contributed by atoms with Gasteiger partial charge < -0.3 is 20.6 Å². The van der Waals surface area contributed by atoms with Gasteiger partial charge in [-0.1, -0.05) is 45.9 Å². The summed E-state index contributed by atoms with van der Waals surface area (Å²) in [6.45, 7) is 11.8. The molecule has 1 amide bonds. The third-order valence-corrected chi connectivity index (χ3v) is 8.52. The molecule has 0 spiro atoms. The molecule has 6 nitrogen and oxygen atoms in total. The molecule has 2 fully saturated rings. The molecular weight excluding hydrogens is 436 g/mol. The molecule has 5 rings (SSSR count). The minimum absolute atomic E-state index is 0.0768. The number of carbonyl (C=O) groups excluding carboxylic acids is 1. The summed E-state index contributed by atoms with van der Waals surface area (Å²) in [5.74, 6) is 0.921. The van der Waals surface area contributed by atoms with E-state index in [9.17, 15) is 9.90 Å². The van der Waals surface area contributed by atoms with Crippen molar-refractivity contribution in [3.05, 3.63) is 47.5 Å². The van der Waals surface area contributed by atoms with Crippen molar-refractivity contribution in [3.63, 3.8) is 0 Å². The van der Waals surface area contributed by atoms with E-state index in [1.54, 1.807) is 0 Å². The Balaban J connectivity index is 1.28. The largest absolute Gasteiger partial charge is 0.391 e. The normalized spacial score (nSPS) is 25.8. The lowest BCUT2D eigenvalue weighted by Gasteiger charge is -2.42. The van der Waals surface area contributed by atoms with E-state index in [0.29, 0.717) is 13.0 Å². The van der Waals surface area contributed by atoms with E-state index in [1.807, 2.05) is 0 Å². The number of rotatable bonds is 4. The van der Waals surface area contributed by atoms with Crippen LogP contribution < -0.4 is 15.5 Å². The first-order chi connectivity index (χ1) is 16.6. The number of aromatic nitrogens is 1. The third kappa shape index (κ3) is 4.83. The molecule has 2 aliphatic heterocycles. The number of nitrogens with one attached hydrogen (secondary N) is 2. The van der Waals surface area contributed by atoms with E-state index < -0.39 is 12.1 Å². The number of anilines is 1. The van der Waals surface area contributed by atoms with Crippen molar-refractivity contribution < 1.29 is 9.90 Å². The third-order valence-electron chi connectivity index (χ3n) is 8.52. The van der Waals surface area contributed by atoms with Crippen LogP contribution in [0.15, 0.2) is 36.4 Å². The zero-order chi connectivity index (χ0) is 24.8. The monoisotopic (exact) mass is 476 g/mol. The van der Waals surface area contributed by atoms with Crippen molar-refractivity contribution in [1.82, 2.24) is 15.6 Å². The van der Waals surface area contributed by atoms with Crippen molar-refractivity contribution in [2.24, 2.45) is 0 Å². The number of fused-ring (bicyclic) bond motifs is 1. The standard InChI is InChI=1S/C29H40N4O2/c1-28(2)13-14-29(3,4)22-18-19(8-9-21(22)28)23-6-5-7-25(32-23)33-16-11-20(12-17-33)31-27(35)26-24(34)10-15-30-26/h5-9,18,20,24,26,30,34H,10-17H2,1-4H3,(H,31,35)/t24-,26-/m0/s1. The number of hydrogen-bond donors (Lipinski definition) is 3. The van der Waals surface area contributed by atoms with Gasteiger partial charge in [0.05, 0.1) is 11.8 Å². The highest BCUT2D eigenvalue weighted by Gasteiger charge is 2.37. The molecule has 3 heterocycles. The first kappa shape index (κ1) is 24.3. The number of amides is 1. The Morgan fingerprint density at radius 2 is 1.74 bits per heavy atom. The predicted octanol–water partition coefficient (Wildman–Crippen LogP) is 3.91. The second kappa shape index (κ2) is 9.21. The Labute approximate surface area is 209 Å². The number of nitrogens with zero attached hydrogens (tertiary/aromatic N) is 2. The van der Waals surface area contributed by atoms with Crippen molar-refractivity contribution in [2.45, 2.75) is 88.8 Å². The number of aliphatic hydroxyl groups is 1. The fourth-order valence-electron chi connectivity index (χ4n) is 6.01. The number of piperidine rings is 1. The highest BCUT2D eigenvalue weighted by Crippen LogP contribution is 2.46. The Morgan fingerprint density at radius 1 is 1.03 bits per heavy atom. The molecule has 3 N–H and O–H groups in total. The van der Waals surface area contributed by atoms with Crippen molar-refractivity contribution >= 4 is 11.7 Å². The predicted molar refractivity (Wildman–Crippen MR) is 141 cm³/mol. The van der Waals surface area contributed by atoms with Crippen molar-refractivity contribution in [1.29, 1.82) is 0 Å². The summed E-state index contributed by atoms with van der Waals surface area (Å²) in [5.41, 5.74) is 5.51. The first-order valence-corrected chi connectivity index (χ1v) is 13.2. The Morgan fingerprint density at radius 3 is 2.43 bits per heavy atom. The molecule has 188 valence electrons. The first-order valence-electron chi connectivity index (χ1n) is 13.2. The minimum atomic E-state index is -0.581. The van der Waals surface area contributed by atoms with E-state index in [1.165, 1.54) is 29.5 Å². The lowest BCUT2D eigenvalue weighted by atomic mass is 9.63. The maximum absolute atomic E-state index is 12.5. The molecule has 0 radical (unpaired) electrons. The van der Waals surface area contributed by atoms with Gasteiger partial charge in [0.2, 0.25) is 5.91 Å². The number of pyridine rings is 1. The quantitative estimate of drug-likeness (QED) is 0.624. The van der Waals surface area contributed by atoms with Crippen LogP contribution in [0.3, 0.4) is 0 Å². The van der Waals surface area contributed by atoms with Gasteiger partial charge >= 0.3 is 0 Å². The highest BCUT2D eigenvalue weighted by atomic mass is 16.3. The van der Waals surface area contributed by atoms with Crippen LogP contribution in [-0.4, -0.2) is 53.8 Å². The Bertz CT molecular complexity index is 1090. The SMILES string of the molecule is CC1(C)CCC(C)(C)c2cc(-c3cccc(N4CCC(NC(=O)[C@H]5NCC[C@@H]5O)CC4)n3)ccc21. The second-order valence-corrected chi connectivity index (χ2v) is 12.0. The van der Waals surface area contributed by atoms with Gasteiger partial charge in [0.1, 0.15) is 11.9 Å². The average Bonchev–Trinajstić information content (AvgIpc) is 3.28. The highest BCUT2D eigenvalue weighted by molar-refractivity contribution is 5.83. The summed E-state index contributed by atoms with van der Waals surface area (Å²) in [6.07, 6.45) is 4.23. The van der Waals surface area contributed by atoms with Crippen LogP contribution in [0.1, 0.15) is 70.9 Å². The van der Waals surface area contributed by atoms with Gasteiger partial charge in [-0.25, -0.2) is 4.98 Å². The van der Waals surface area contributed by atoms with Crippen LogP contribution >= 0.6 is 0 Å². The van der Waals surface area contributed by atoms with E-state index in [4.69, 9.17) is 4.98 Å². The summed E-state index contributed by atoms with van der Waals surface area (Å²) in [5, 5.41) is 16.2. The van der Waals surface area contributed by atoms with Gasteiger partial charge in [-0.05, 0) is 78.8 Å². The molecule has 35 heavy (non-hydrogen) atoms. The minimum Gasteiger partial charge on any atom is -0.391 e. The Kier molecular flexibility index (Phi) is 6.39. The molecule has 1 aromatic heterocycles. The van der Waals surface area contributed by atoms with Crippen molar-refractivity contribution in [2.75, 3.05) is 24.5 Å². The van der Waals surface area contributed by atoms with Gasteiger partial charge in [-0.2, -0.15) is 0 Å². The van der Waals surface area contributed by atoms with Gasteiger partial charge in [0.15, 0.2) is 0 Å². The summed E-state index contributed by atoms with van der Waals surface area (Å²) in [7, 11) is 0. The van der Waals surface area contributed by atoms with Crippen LogP contribution in [0.25, 0.3) is 11.3 Å². The van der Waals surface area contributed by atoms with Crippen LogP contribution in [0.5, 0.6) is 0 Å².